The second-order valence-corrected chi connectivity index (χ2v) is 8.96. The molecular formula is C23H22N2O5. The lowest BCUT2D eigenvalue weighted by Crippen LogP contribution is -2.33. The van der Waals surface area contributed by atoms with Crippen LogP contribution in [0.3, 0.4) is 0 Å². The van der Waals surface area contributed by atoms with Crippen molar-refractivity contribution in [3.05, 3.63) is 57.8 Å². The van der Waals surface area contributed by atoms with Gasteiger partial charge in [0.2, 0.25) is 0 Å². The molecule has 30 heavy (non-hydrogen) atoms. The predicted octanol–water partition coefficient (Wildman–Crippen LogP) is 3.95. The van der Waals surface area contributed by atoms with Crippen molar-refractivity contribution in [1.82, 2.24) is 9.55 Å². The van der Waals surface area contributed by atoms with Crippen LogP contribution in [0.2, 0.25) is 0 Å². The van der Waals surface area contributed by atoms with Crippen molar-refractivity contribution in [3.63, 3.8) is 0 Å². The van der Waals surface area contributed by atoms with Gasteiger partial charge < -0.3 is 18.8 Å². The summed E-state index contributed by atoms with van der Waals surface area (Å²) >= 11 is 0. The highest BCUT2D eigenvalue weighted by molar-refractivity contribution is 5.88. The molecule has 154 valence electrons. The number of fused-ring (bicyclic) bond motifs is 5. The molecule has 3 aromatic rings. The van der Waals surface area contributed by atoms with E-state index in [-0.39, 0.29) is 17.0 Å². The summed E-state index contributed by atoms with van der Waals surface area (Å²) in [6.45, 7) is 6.98. The van der Waals surface area contributed by atoms with Crippen LogP contribution < -0.4 is 10.2 Å². The fraction of sp³-hybridized carbons (Fsp3) is 0.348. The van der Waals surface area contributed by atoms with Crippen LogP contribution in [0, 0.1) is 5.41 Å². The predicted molar refractivity (Wildman–Crippen MR) is 110 cm³/mol. The van der Waals surface area contributed by atoms with Crippen LogP contribution in [0.5, 0.6) is 5.75 Å². The van der Waals surface area contributed by atoms with Crippen molar-refractivity contribution in [2.75, 3.05) is 6.61 Å². The van der Waals surface area contributed by atoms with Gasteiger partial charge in [-0.15, -0.1) is 0 Å². The Labute approximate surface area is 172 Å². The Morgan fingerprint density at radius 1 is 1.23 bits per heavy atom. The number of aromatic carboxylic acids is 1. The Hall–Kier alpha value is -3.35. The van der Waals surface area contributed by atoms with Gasteiger partial charge in [-0.25, -0.2) is 9.78 Å². The smallest absolute Gasteiger partial charge is 0.341 e. The average Bonchev–Trinajstić information content (AvgIpc) is 3.37. The maximum atomic E-state index is 12.6. The normalized spacial score (nSPS) is 17.1. The first kappa shape index (κ1) is 18.7. The quantitative estimate of drug-likeness (QED) is 0.693. The summed E-state index contributed by atoms with van der Waals surface area (Å²) in [6, 6.07) is 3.43. The summed E-state index contributed by atoms with van der Waals surface area (Å²) in [6.07, 6.45) is 6.04. The van der Waals surface area contributed by atoms with Crippen molar-refractivity contribution < 1.29 is 19.1 Å². The summed E-state index contributed by atoms with van der Waals surface area (Å²) in [4.78, 5) is 28.2. The molecule has 0 radical (unpaired) electrons. The molecule has 2 aromatic heterocycles. The highest BCUT2D eigenvalue weighted by atomic mass is 16.5. The van der Waals surface area contributed by atoms with Crippen LogP contribution in [0.1, 0.15) is 48.3 Å². The van der Waals surface area contributed by atoms with Gasteiger partial charge in [-0.05, 0) is 23.5 Å². The summed E-state index contributed by atoms with van der Waals surface area (Å²) < 4.78 is 13.5. The molecule has 0 saturated heterocycles. The van der Waals surface area contributed by atoms with Crippen molar-refractivity contribution in [1.29, 1.82) is 0 Å². The van der Waals surface area contributed by atoms with E-state index in [0.717, 1.165) is 46.5 Å². The maximum absolute atomic E-state index is 12.6. The van der Waals surface area contributed by atoms with Crippen molar-refractivity contribution in [2.24, 2.45) is 5.41 Å². The van der Waals surface area contributed by atoms with E-state index in [0.29, 0.717) is 12.4 Å². The fourth-order valence-corrected chi connectivity index (χ4v) is 4.64. The van der Waals surface area contributed by atoms with Crippen LogP contribution >= 0.6 is 0 Å². The Bertz CT molecular complexity index is 1230. The zero-order valence-electron chi connectivity index (χ0n) is 17.1. The number of hydrogen-bond acceptors (Lipinski definition) is 5. The molecule has 0 spiro atoms. The third-order valence-electron chi connectivity index (χ3n) is 6.11. The van der Waals surface area contributed by atoms with Crippen LogP contribution in [0.25, 0.3) is 22.6 Å². The first-order valence-electron chi connectivity index (χ1n) is 9.96. The Kier molecular flexibility index (Phi) is 3.93. The molecule has 2 aliphatic rings. The minimum absolute atomic E-state index is 0.000436. The van der Waals surface area contributed by atoms with Gasteiger partial charge in [0.15, 0.2) is 17.6 Å². The van der Waals surface area contributed by atoms with Gasteiger partial charge in [0, 0.05) is 35.9 Å². The van der Waals surface area contributed by atoms with E-state index in [2.05, 4.69) is 25.8 Å². The monoisotopic (exact) mass is 406 g/mol. The van der Waals surface area contributed by atoms with Gasteiger partial charge in [-0.1, -0.05) is 20.8 Å². The number of nitrogens with zero attached hydrogens (tertiary/aromatic N) is 2. The lowest BCUT2D eigenvalue weighted by Gasteiger charge is -2.39. The van der Waals surface area contributed by atoms with Gasteiger partial charge in [-0.2, -0.15) is 0 Å². The van der Waals surface area contributed by atoms with E-state index in [1.807, 2.05) is 10.6 Å². The van der Waals surface area contributed by atoms with Crippen LogP contribution in [0.15, 0.2) is 40.1 Å². The third kappa shape index (κ3) is 2.69. The number of aromatic nitrogens is 2. The molecule has 1 N–H and O–H groups in total. The first-order valence-corrected chi connectivity index (χ1v) is 9.96. The molecule has 5 rings (SSSR count). The van der Waals surface area contributed by atoms with Gasteiger partial charge >= 0.3 is 5.97 Å². The number of ether oxygens (including phenoxy) is 1. The SMILES string of the molecule is CC(C)(C)C1Cc2c(cc(-c3cnco3)c3c2CCO3)-c2cc(=O)c(C(=O)O)cn21. The largest absolute Gasteiger partial charge is 0.492 e. The lowest BCUT2D eigenvalue weighted by atomic mass is 9.77. The molecule has 2 aliphatic heterocycles. The van der Waals surface area contributed by atoms with Crippen molar-refractivity contribution in [3.8, 4) is 28.3 Å². The molecule has 1 atom stereocenters. The molecular weight excluding hydrogens is 384 g/mol. The third-order valence-corrected chi connectivity index (χ3v) is 6.11. The molecule has 7 heteroatoms. The summed E-state index contributed by atoms with van der Waals surface area (Å²) in [5, 5.41) is 9.50. The van der Waals surface area contributed by atoms with E-state index >= 15 is 0 Å². The number of carboxylic acids is 1. The minimum Gasteiger partial charge on any atom is -0.492 e. The summed E-state index contributed by atoms with van der Waals surface area (Å²) in [5.41, 5.74) is 3.88. The number of oxazole rings is 1. The maximum Gasteiger partial charge on any atom is 0.341 e. The van der Waals surface area contributed by atoms with Gasteiger partial charge in [0.25, 0.3) is 0 Å². The molecule has 0 bridgehead atoms. The van der Waals surface area contributed by atoms with Crippen molar-refractivity contribution in [2.45, 2.75) is 39.7 Å². The van der Waals surface area contributed by atoms with Gasteiger partial charge in [0.05, 0.1) is 24.1 Å². The number of pyridine rings is 1. The van der Waals surface area contributed by atoms with Gasteiger partial charge in [-0.3, -0.25) is 4.79 Å². The van der Waals surface area contributed by atoms with Crippen LogP contribution in [-0.4, -0.2) is 27.2 Å². The van der Waals surface area contributed by atoms with E-state index in [4.69, 9.17) is 9.15 Å². The second kappa shape index (κ2) is 6.32. The fourth-order valence-electron chi connectivity index (χ4n) is 4.64. The average molecular weight is 406 g/mol. The van der Waals surface area contributed by atoms with E-state index < -0.39 is 11.4 Å². The number of rotatable bonds is 2. The van der Waals surface area contributed by atoms with Crippen LogP contribution in [0.4, 0.5) is 0 Å². The van der Waals surface area contributed by atoms with Gasteiger partial charge in [0.1, 0.15) is 11.3 Å². The Morgan fingerprint density at radius 3 is 2.70 bits per heavy atom. The molecule has 7 nitrogen and oxygen atoms in total. The number of carboxylic acid groups (broad SMARTS) is 1. The zero-order chi connectivity index (χ0) is 21.2. The topological polar surface area (TPSA) is 94.6 Å². The number of benzene rings is 1. The Morgan fingerprint density at radius 2 is 2.03 bits per heavy atom. The van der Waals surface area contributed by atoms with E-state index in [1.165, 1.54) is 18.7 Å². The summed E-state index contributed by atoms with van der Waals surface area (Å²) in [5.74, 6) is 0.208. The minimum atomic E-state index is -1.21. The molecule has 1 aromatic carbocycles. The molecule has 0 aliphatic carbocycles. The first-order chi connectivity index (χ1) is 14.3. The molecule has 4 heterocycles. The highest BCUT2D eigenvalue weighted by Crippen LogP contribution is 2.49. The van der Waals surface area contributed by atoms with Crippen molar-refractivity contribution >= 4 is 5.97 Å². The standard InChI is InChI=1S/C23H22N2O5/c1-23(2,3)20-7-13-12-4-5-29-21(12)15(19-9-24-11-30-19)6-14(13)17-8-18(26)16(22(27)28)10-25(17)20/h6,8-11,20H,4-5,7H2,1-3H3,(H,27,28). The molecule has 1 unspecified atom stereocenters. The highest BCUT2D eigenvalue weighted by Gasteiger charge is 2.37. The van der Waals surface area contributed by atoms with Crippen LogP contribution in [-0.2, 0) is 12.8 Å². The molecule has 0 saturated carbocycles. The lowest BCUT2D eigenvalue weighted by molar-refractivity contribution is 0.0693. The second-order valence-electron chi connectivity index (χ2n) is 8.96. The Balaban J connectivity index is 1.84. The molecule has 0 amide bonds. The number of carbonyl (C=O) groups is 1. The zero-order valence-corrected chi connectivity index (χ0v) is 17.1. The number of hydrogen-bond donors (Lipinski definition) is 1. The van der Waals surface area contributed by atoms with E-state index in [1.54, 1.807) is 6.20 Å². The van der Waals surface area contributed by atoms with E-state index in [9.17, 15) is 14.7 Å². The summed E-state index contributed by atoms with van der Waals surface area (Å²) in [7, 11) is 0. The molecule has 0 fully saturated rings.